The van der Waals surface area contributed by atoms with E-state index in [1.807, 2.05) is 20.8 Å². The van der Waals surface area contributed by atoms with Gasteiger partial charge in [-0.25, -0.2) is 4.79 Å². The van der Waals surface area contributed by atoms with Crippen molar-refractivity contribution in [1.82, 2.24) is 20.7 Å². The number of aliphatic imine (C=N–C) groups is 1. The zero-order chi connectivity index (χ0) is 21.3. The van der Waals surface area contributed by atoms with E-state index in [-0.39, 0.29) is 12.0 Å². The van der Waals surface area contributed by atoms with Crippen molar-refractivity contribution in [3.63, 3.8) is 0 Å². The first-order valence-electron chi connectivity index (χ1n) is 9.96. The van der Waals surface area contributed by atoms with Gasteiger partial charge in [0.15, 0.2) is 5.96 Å². The second-order valence-electron chi connectivity index (χ2n) is 8.01. The molecule has 0 spiro atoms. The van der Waals surface area contributed by atoms with Crippen LogP contribution in [-0.4, -0.2) is 54.9 Å². The monoisotopic (exact) mass is 395 g/mol. The Bertz CT molecular complexity index is 627. The van der Waals surface area contributed by atoms with Crippen LogP contribution in [0.15, 0.2) is 9.52 Å². The minimum Gasteiger partial charge on any atom is -0.444 e. The minimum absolute atomic E-state index is 0.226. The molecule has 1 aromatic heterocycles. The fourth-order valence-electron chi connectivity index (χ4n) is 2.75. The SMILES string of the molecule is CCc1noc(CC)c1CNC(=NC)NCC(C)CN(C)C(=O)OC(C)(C)C. The average Bonchev–Trinajstić information content (AvgIpc) is 3.02. The summed E-state index contributed by atoms with van der Waals surface area (Å²) < 4.78 is 10.8. The standard InChI is InChI=1S/C20H37N5O3/c1-9-16-15(17(10-2)28-24-16)12-23-18(21-7)22-11-14(3)13-25(8)19(26)27-20(4,5)6/h14H,9-13H2,1-8H3,(H2,21,22,23). The van der Waals surface area contributed by atoms with Gasteiger partial charge in [0.1, 0.15) is 11.4 Å². The van der Waals surface area contributed by atoms with Crippen LogP contribution in [-0.2, 0) is 24.1 Å². The van der Waals surface area contributed by atoms with Crippen LogP contribution < -0.4 is 10.6 Å². The third kappa shape index (κ3) is 7.78. The number of carbonyl (C=O) groups is 1. The highest BCUT2D eigenvalue weighted by molar-refractivity contribution is 5.79. The molecule has 1 amide bonds. The largest absolute Gasteiger partial charge is 0.444 e. The smallest absolute Gasteiger partial charge is 0.410 e. The summed E-state index contributed by atoms with van der Waals surface area (Å²) in [7, 11) is 3.49. The molecule has 0 fully saturated rings. The van der Waals surface area contributed by atoms with Crippen LogP contribution in [0.5, 0.6) is 0 Å². The molecule has 0 aliphatic carbocycles. The van der Waals surface area contributed by atoms with E-state index in [4.69, 9.17) is 9.26 Å². The van der Waals surface area contributed by atoms with Gasteiger partial charge in [-0.1, -0.05) is 25.9 Å². The Hall–Kier alpha value is -2.25. The van der Waals surface area contributed by atoms with E-state index in [0.717, 1.165) is 29.9 Å². The van der Waals surface area contributed by atoms with Crippen LogP contribution in [0.1, 0.15) is 58.6 Å². The Morgan fingerprint density at radius 3 is 2.50 bits per heavy atom. The Morgan fingerprint density at radius 2 is 1.96 bits per heavy atom. The molecule has 0 aliphatic rings. The van der Waals surface area contributed by atoms with Crippen molar-refractivity contribution in [2.24, 2.45) is 10.9 Å². The van der Waals surface area contributed by atoms with Crippen molar-refractivity contribution in [2.45, 2.75) is 66.5 Å². The number of hydrogen-bond donors (Lipinski definition) is 2. The Kier molecular flexibility index (Phi) is 9.28. The van der Waals surface area contributed by atoms with Crippen LogP contribution in [0, 0.1) is 5.92 Å². The molecule has 0 radical (unpaired) electrons. The summed E-state index contributed by atoms with van der Waals surface area (Å²) in [5, 5.41) is 10.8. The predicted octanol–water partition coefficient (Wildman–Crippen LogP) is 2.97. The highest BCUT2D eigenvalue weighted by Crippen LogP contribution is 2.15. The van der Waals surface area contributed by atoms with Crippen molar-refractivity contribution in [3.8, 4) is 0 Å². The number of hydrogen-bond acceptors (Lipinski definition) is 5. The molecule has 0 aromatic carbocycles. The van der Waals surface area contributed by atoms with Crippen LogP contribution in [0.3, 0.4) is 0 Å². The van der Waals surface area contributed by atoms with Crippen molar-refractivity contribution in [1.29, 1.82) is 0 Å². The van der Waals surface area contributed by atoms with Gasteiger partial charge in [0.2, 0.25) is 0 Å². The predicted molar refractivity (Wildman–Crippen MR) is 111 cm³/mol. The number of aryl methyl sites for hydroxylation is 2. The quantitative estimate of drug-likeness (QED) is 0.519. The summed E-state index contributed by atoms with van der Waals surface area (Å²) in [6, 6.07) is 0. The number of nitrogens with zero attached hydrogens (tertiary/aromatic N) is 3. The number of aromatic nitrogens is 1. The van der Waals surface area contributed by atoms with Gasteiger partial charge in [0.05, 0.1) is 5.69 Å². The van der Waals surface area contributed by atoms with Crippen molar-refractivity contribution < 1.29 is 14.1 Å². The van der Waals surface area contributed by atoms with Crippen molar-refractivity contribution >= 4 is 12.1 Å². The molecule has 160 valence electrons. The van der Waals surface area contributed by atoms with E-state index in [1.54, 1.807) is 19.0 Å². The van der Waals surface area contributed by atoms with E-state index >= 15 is 0 Å². The molecule has 8 nitrogen and oxygen atoms in total. The zero-order valence-corrected chi connectivity index (χ0v) is 18.7. The first-order chi connectivity index (χ1) is 13.1. The normalized spacial score (nSPS) is 13.2. The Labute approximate surface area is 169 Å². The molecule has 0 saturated heterocycles. The number of guanidine groups is 1. The maximum absolute atomic E-state index is 12.1. The van der Waals surface area contributed by atoms with Crippen LogP contribution >= 0.6 is 0 Å². The number of ether oxygens (including phenoxy) is 1. The van der Waals surface area contributed by atoms with Crippen molar-refractivity contribution in [2.75, 3.05) is 27.2 Å². The van der Waals surface area contributed by atoms with E-state index < -0.39 is 5.60 Å². The lowest BCUT2D eigenvalue weighted by atomic mass is 10.1. The molecule has 1 heterocycles. The lowest BCUT2D eigenvalue weighted by Gasteiger charge is -2.26. The molecule has 1 atom stereocenters. The summed E-state index contributed by atoms with van der Waals surface area (Å²) >= 11 is 0. The zero-order valence-electron chi connectivity index (χ0n) is 18.7. The van der Waals surface area contributed by atoms with Gasteiger partial charge in [-0.2, -0.15) is 0 Å². The molecule has 28 heavy (non-hydrogen) atoms. The summed E-state index contributed by atoms with van der Waals surface area (Å²) in [5.74, 6) is 1.84. The first-order valence-corrected chi connectivity index (χ1v) is 9.96. The molecule has 1 rings (SSSR count). The fourth-order valence-corrected chi connectivity index (χ4v) is 2.75. The molecular formula is C20H37N5O3. The second-order valence-corrected chi connectivity index (χ2v) is 8.01. The first kappa shape index (κ1) is 23.8. The molecule has 8 heteroatoms. The number of nitrogens with one attached hydrogen (secondary N) is 2. The molecule has 0 aliphatic heterocycles. The lowest BCUT2D eigenvalue weighted by molar-refractivity contribution is 0.0278. The second kappa shape index (κ2) is 10.9. The maximum atomic E-state index is 12.1. The van der Waals surface area contributed by atoms with Crippen LogP contribution in [0.25, 0.3) is 0 Å². The molecule has 1 unspecified atom stereocenters. The van der Waals surface area contributed by atoms with Gasteiger partial charge >= 0.3 is 6.09 Å². The third-order valence-corrected chi connectivity index (χ3v) is 4.17. The summed E-state index contributed by atoms with van der Waals surface area (Å²) in [6.45, 7) is 13.7. The van der Waals surface area contributed by atoms with Gasteiger partial charge in [0, 0.05) is 45.7 Å². The Morgan fingerprint density at radius 1 is 1.29 bits per heavy atom. The maximum Gasteiger partial charge on any atom is 0.410 e. The van der Waals surface area contributed by atoms with E-state index in [0.29, 0.717) is 25.6 Å². The third-order valence-electron chi connectivity index (χ3n) is 4.17. The number of rotatable bonds is 8. The van der Waals surface area contributed by atoms with E-state index in [2.05, 4.69) is 41.6 Å². The molecule has 0 saturated carbocycles. The summed E-state index contributed by atoms with van der Waals surface area (Å²) in [4.78, 5) is 17.9. The highest BCUT2D eigenvalue weighted by Gasteiger charge is 2.21. The van der Waals surface area contributed by atoms with Gasteiger partial charge in [-0.15, -0.1) is 0 Å². The van der Waals surface area contributed by atoms with Gasteiger partial charge in [-0.3, -0.25) is 4.99 Å². The fraction of sp³-hybridized carbons (Fsp3) is 0.750. The molecule has 1 aromatic rings. The summed E-state index contributed by atoms with van der Waals surface area (Å²) in [6.07, 6.45) is 1.33. The topological polar surface area (TPSA) is 92.0 Å². The van der Waals surface area contributed by atoms with Crippen LogP contribution in [0.2, 0.25) is 0 Å². The number of amides is 1. The molecule has 0 bridgehead atoms. The van der Waals surface area contributed by atoms with E-state index in [1.165, 1.54) is 0 Å². The van der Waals surface area contributed by atoms with Gasteiger partial charge in [0.25, 0.3) is 0 Å². The molecular weight excluding hydrogens is 358 g/mol. The molecule has 2 N–H and O–H groups in total. The van der Waals surface area contributed by atoms with Crippen LogP contribution in [0.4, 0.5) is 4.79 Å². The Balaban J connectivity index is 2.49. The van der Waals surface area contributed by atoms with Gasteiger partial charge in [-0.05, 0) is 33.1 Å². The van der Waals surface area contributed by atoms with Crippen molar-refractivity contribution in [3.05, 3.63) is 17.0 Å². The number of carbonyl (C=O) groups excluding carboxylic acids is 1. The minimum atomic E-state index is -0.491. The summed E-state index contributed by atoms with van der Waals surface area (Å²) in [5.41, 5.74) is 1.59. The van der Waals surface area contributed by atoms with Gasteiger partial charge < -0.3 is 24.8 Å². The van der Waals surface area contributed by atoms with E-state index in [9.17, 15) is 4.79 Å². The highest BCUT2D eigenvalue weighted by atomic mass is 16.6. The average molecular weight is 396 g/mol. The lowest BCUT2D eigenvalue weighted by Crippen LogP contribution is -2.42.